The fourth-order valence-corrected chi connectivity index (χ4v) is 2.46. The van der Waals surface area contributed by atoms with Crippen LogP contribution in [0.15, 0.2) is 0 Å². The van der Waals surface area contributed by atoms with Crippen LogP contribution in [0.4, 0.5) is 0 Å². The molecule has 0 radical (unpaired) electrons. The average Bonchev–Trinajstić information content (AvgIpc) is 2.43. The van der Waals surface area contributed by atoms with Gasteiger partial charge in [-0.1, -0.05) is 13.8 Å². The van der Waals surface area contributed by atoms with Gasteiger partial charge >= 0.3 is 0 Å². The first-order valence-corrected chi connectivity index (χ1v) is 5.94. The topological polar surface area (TPSA) is 32.3 Å². The SMILES string of the molecule is CCNC(C)(C)C(=O)N1CC(C)CC1C. The molecule has 1 fully saturated rings. The van der Waals surface area contributed by atoms with Crippen molar-refractivity contribution in [2.75, 3.05) is 13.1 Å². The van der Waals surface area contributed by atoms with Gasteiger partial charge in [-0.25, -0.2) is 0 Å². The number of hydrogen-bond donors (Lipinski definition) is 1. The van der Waals surface area contributed by atoms with Crippen molar-refractivity contribution in [1.29, 1.82) is 0 Å². The molecule has 0 aromatic rings. The van der Waals surface area contributed by atoms with Crippen molar-refractivity contribution in [3.8, 4) is 0 Å². The van der Waals surface area contributed by atoms with Gasteiger partial charge < -0.3 is 10.2 Å². The Labute approximate surface area is 93.2 Å². The minimum Gasteiger partial charge on any atom is -0.338 e. The van der Waals surface area contributed by atoms with Crippen LogP contribution < -0.4 is 5.32 Å². The van der Waals surface area contributed by atoms with E-state index in [1.807, 2.05) is 25.7 Å². The highest BCUT2D eigenvalue weighted by atomic mass is 16.2. The molecule has 88 valence electrons. The summed E-state index contributed by atoms with van der Waals surface area (Å²) in [6.07, 6.45) is 1.13. The Kier molecular flexibility index (Phi) is 3.77. The number of likely N-dealkylation sites (tertiary alicyclic amines) is 1. The molecule has 1 heterocycles. The molecule has 0 bridgehead atoms. The Morgan fingerprint density at radius 3 is 2.47 bits per heavy atom. The van der Waals surface area contributed by atoms with Gasteiger partial charge in [-0.3, -0.25) is 4.79 Å². The molecule has 1 saturated heterocycles. The third-order valence-corrected chi connectivity index (χ3v) is 3.20. The van der Waals surface area contributed by atoms with Crippen LogP contribution in [0, 0.1) is 5.92 Å². The molecule has 1 amide bonds. The van der Waals surface area contributed by atoms with Gasteiger partial charge in [0.15, 0.2) is 0 Å². The van der Waals surface area contributed by atoms with Gasteiger partial charge in [0.25, 0.3) is 0 Å². The molecule has 15 heavy (non-hydrogen) atoms. The number of nitrogens with one attached hydrogen (secondary N) is 1. The van der Waals surface area contributed by atoms with Gasteiger partial charge in [0.2, 0.25) is 5.91 Å². The van der Waals surface area contributed by atoms with Gasteiger partial charge in [-0.05, 0) is 39.7 Å². The summed E-state index contributed by atoms with van der Waals surface area (Å²) in [7, 11) is 0. The summed E-state index contributed by atoms with van der Waals surface area (Å²) >= 11 is 0. The van der Waals surface area contributed by atoms with Gasteiger partial charge in [0.05, 0.1) is 5.54 Å². The van der Waals surface area contributed by atoms with E-state index in [1.165, 1.54) is 0 Å². The Hall–Kier alpha value is -0.570. The second kappa shape index (κ2) is 4.52. The molecule has 1 aliphatic heterocycles. The van der Waals surface area contributed by atoms with Crippen molar-refractivity contribution in [2.24, 2.45) is 5.92 Å². The summed E-state index contributed by atoms with van der Waals surface area (Å²) in [4.78, 5) is 14.3. The predicted octanol–water partition coefficient (Wildman–Crippen LogP) is 1.63. The van der Waals surface area contributed by atoms with E-state index in [2.05, 4.69) is 19.2 Å². The highest BCUT2D eigenvalue weighted by molar-refractivity contribution is 5.86. The Morgan fingerprint density at radius 1 is 1.47 bits per heavy atom. The van der Waals surface area contributed by atoms with Crippen LogP contribution in [0.25, 0.3) is 0 Å². The first-order chi connectivity index (χ1) is 6.88. The van der Waals surface area contributed by atoms with E-state index in [-0.39, 0.29) is 5.91 Å². The number of hydrogen-bond acceptors (Lipinski definition) is 2. The third-order valence-electron chi connectivity index (χ3n) is 3.20. The molecular formula is C12H24N2O. The Morgan fingerprint density at radius 2 is 2.07 bits per heavy atom. The molecule has 3 nitrogen and oxygen atoms in total. The van der Waals surface area contributed by atoms with Crippen molar-refractivity contribution >= 4 is 5.91 Å². The van der Waals surface area contributed by atoms with Crippen LogP contribution in [-0.2, 0) is 4.79 Å². The van der Waals surface area contributed by atoms with Gasteiger partial charge in [0, 0.05) is 12.6 Å². The van der Waals surface area contributed by atoms with E-state index >= 15 is 0 Å². The zero-order valence-corrected chi connectivity index (χ0v) is 10.6. The molecule has 0 aromatic carbocycles. The quantitative estimate of drug-likeness (QED) is 0.771. The van der Waals surface area contributed by atoms with Crippen molar-refractivity contribution < 1.29 is 4.79 Å². The van der Waals surface area contributed by atoms with E-state index in [4.69, 9.17) is 0 Å². The number of carbonyl (C=O) groups excluding carboxylic acids is 1. The maximum atomic E-state index is 12.3. The molecule has 1 aliphatic rings. The fourth-order valence-electron chi connectivity index (χ4n) is 2.46. The molecule has 0 saturated carbocycles. The Balaban J connectivity index is 2.68. The monoisotopic (exact) mass is 212 g/mol. The van der Waals surface area contributed by atoms with Crippen LogP contribution in [0.1, 0.15) is 41.0 Å². The van der Waals surface area contributed by atoms with E-state index < -0.39 is 5.54 Å². The molecule has 1 N–H and O–H groups in total. The lowest BCUT2D eigenvalue weighted by molar-refractivity contribution is -0.137. The summed E-state index contributed by atoms with van der Waals surface area (Å²) in [5.41, 5.74) is -0.424. The number of rotatable bonds is 3. The van der Waals surface area contributed by atoms with Gasteiger partial charge in [-0.15, -0.1) is 0 Å². The average molecular weight is 212 g/mol. The Bertz CT molecular complexity index is 238. The summed E-state index contributed by atoms with van der Waals surface area (Å²) in [5.74, 6) is 0.877. The first kappa shape index (κ1) is 12.5. The van der Waals surface area contributed by atoms with Crippen LogP contribution in [0.3, 0.4) is 0 Å². The highest BCUT2D eigenvalue weighted by Gasteiger charge is 2.37. The van der Waals surface area contributed by atoms with Crippen molar-refractivity contribution in [1.82, 2.24) is 10.2 Å². The number of carbonyl (C=O) groups is 1. The van der Waals surface area contributed by atoms with Crippen LogP contribution in [0.5, 0.6) is 0 Å². The molecular weight excluding hydrogens is 188 g/mol. The smallest absolute Gasteiger partial charge is 0.242 e. The lowest BCUT2D eigenvalue weighted by atomic mass is 10.0. The van der Waals surface area contributed by atoms with Crippen LogP contribution >= 0.6 is 0 Å². The summed E-state index contributed by atoms with van der Waals surface area (Å²) < 4.78 is 0. The number of nitrogens with zero attached hydrogens (tertiary/aromatic N) is 1. The minimum atomic E-state index is -0.424. The van der Waals surface area contributed by atoms with Crippen LogP contribution in [-0.4, -0.2) is 35.5 Å². The largest absolute Gasteiger partial charge is 0.338 e. The van der Waals surface area contributed by atoms with Crippen LogP contribution in [0.2, 0.25) is 0 Å². The standard InChI is InChI=1S/C12H24N2O/c1-6-13-12(4,5)11(15)14-8-9(2)7-10(14)3/h9-10,13H,6-8H2,1-5H3. The second-order valence-corrected chi connectivity index (χ2v) is 5.30. The van der Waals surface area contributed by atoms with E-state index in [0.717, 1.165) is 19.5 Å². The second-order valence-electron chi connectivity index (χ2n) is 5.30. The van der Waals surface area contributed by atoms with E-state index in [9.17, 15) is 4.79 Å². The molecule has 0 spiro atoms. The summed E-state index contributed by atoms with van der Waals surface area (Å²) in [5, 5.41) is 3.24. The number of likely N-dealkylation sites (N-methyl/N-ethyl adjacent to an activating group) is 1. The lowest BCUT2D eigenvalue weighted by Gasteiger charge is -2.32. The summed E-state index contributed by atoms with van der Waals surface area (Å²) in [6, 6.07) is 0.394. The van der Waals surface area contributed by atoms with E-state index in [1.54, 1.807) is 0 Å². The molecule has 3 heteroatoms. The zero-order chi connectivity index (χ0) is 11.6. The molecule has 2 unspecified atom stereocenters. The molecule has 1 rings (SSSR count). The zero-order valence-electron chi connectivity index (χ0n) is 10.6. The maximum absolute atomic E-state index is 12.3. The number of amides is 1. The maximum Gasteiger partial charge on any atom is 0.242 e. The van der Waals surface area contributed by atoms with Crippen molar-refractivity contribution in [3.05, 3.63) is 0 Å². The minimum absolute atomic E-state index is 0.237. The fraction of sp³-hybridized carbons (Fsp3) is 0.917. The van der Waals surface area contributed by atoms with Crippen molar-refractivity contribution in [3.63, 3.8) is 0 Å². The van der Waals surface area contributed by atoms with E-state index in [0.29, 0.717) is 12.0 Å². The normalized spacial score (nSPS) is 27.1. The highest BCUT2D eigenvalue weighted by Crippen LogP contribution is 2.24. The van der Waals surface area contributed by atoms with Gasteiger partial charge in [0.1, 0.15) is 0 Å². The van der Waals surface area contributed by atoms with Gasteiger partial charge in [-0.2, -0.15) is 0 Å². The third kappa shape index (κ3) is 2.71. The lowest BCUT2D eigenvalue weighted by Crippen LogP contribution is -2.54. The molecule has 0 aliphatic carbocycles. The predicted molar refractivity (Wildman–Crippen MR) is 62.7 cm³/mol. The molecule has 0 aromatic heterocycles. The van der Waals surface area contributed by atoms with Crippen molar-refractivity contribution in [2.45, 2.75) is 52.6 Å². The first-order valence-electron chi connectivity index (χ1n) is 5.94. The summed E-state index contributed by atoms with van der Waals surface area (Å²) in [6.45, 7) is 12.1. The molecule has 2 atom stereocenters.